The van der Waals surface area contributed by atoms with Gasteiger partial charge in [0, 0.05) is 11.4 Å². The summed E-state index contributed by atoms with van der Waals surface area (Å²) in [5.41, 5.74) is 1.12. The van der Waals surface area contributed by atoms with E-state index in [0.29, 0.717) is 30.1 Å². The predicted octanol–water partition coefficient (Wildman–Crippen LogP) is 2.88. The number of amides is 2. The van der Waals surface area contributed by atoms with Crippen LogP contribution in [0.15, 0.2) is 28.9 Å². The summed E-state index contributed by atoms with van der Waals surface area (Å²) < 4.78 is 5.21. The van der Waals surface area contributed by atoms with Crippen molar-refractivity contribution in [1.29, 1.82) is 0 Å². The van der Waals surface area contributed by atoms with Crippen molar-refractivity contribution in [3.63, 3.8) is 0 Å². The fraction of sp³-hybridized carbons (Fsp3) is 0.412. The number of hydrogen-bond acceptors (Lipinski definition) is 4. The van der Waals surface area contributed by atoms with Gasteiger partial charge in [0.25, 0.3) is 5.91 Å². The maximum atomic E-state index is 12.7. The largest absolute Gasteiger partial charge is 0.467 e. The summed E-state index contributed by atoms with van der Waals surface area (Å²) in [5, 5.41) is 2.86. The molecular weight excluding hydrogens is 312 g/mol. The van der Waals surface area contributed by atoms with E-state index >= 15 is 0 Å². The number of hydrogen-bond donors (Lipinski definition) is 1. The Morgan fingerprint density at radius 3 is 2.91 bits per heavy atom. The van der Waals surface area contributed by atoms with Gasteiger partial charge in [-0.3, -0.25) is 9.59 Å². The number of likely N-dealkylation sites (tertiary alicyclic amines) is 1. The van der Waals surface area contributed by atoms with Gasteiger partial charge in [0.05, 0.1) is 17.7 Å². The van der Waals surface area contributed by atoms with Crippen LogP contribution < -0.4 is 5.32 Å². The van der Waals surface area contributed by atoms with Gasteiger partial charge in [0.15, 0.2) is 0 Å². The number of thiophene rings is 1. The van der Waals surface area contributed by atoms with Gasteiger partial charge >= 0.3 is 0 Å². The molecular formula is C17H20N2O3S. The highest BCUT2D eigenvalue weighted by molar-refractivity contribution is 7.14. The lowest BCUT2D eigenvalue weighted by Gasteiger charge is -2.23. The summed E-state index contributed by atoms with van der Waals surface area (Å²) >= 11 is 1.50. The van der Waals surface area contributed by atoms with Crippen molar-refractivity contribution in [2.45, 2.75) is 39.3 Å². The first kappa shape index (κ1) is 15.8. The fourth-order valence-electron chi connectivity index (χ4n) is 2.81. The quantitative estimate of drug-likeness (QED) is 0.936. The second-order valence-electron chi connectivity index (χ2n) is 5.80. The van der Waals surface area contributed by atoms with Crippen LogP contribution in [-0.4, -0.2) is 29.3 Å². The minimum atomic E-state index is -0.389. The summed E-state index contributed by atoms with van der Waals surface area (Å²) in [4.78, 5) is 28.7. The molecule has 0 bridgehead atoms. The molecule has 0 aromatic carbocycles. The number of rotatable bonds is 4. The molecule has 0 saturated carbocycles. The molecule has 6 heteroatoms. The summed E-state index contributed by atoms with van der Waals surface area (Å²) in [5.74, 6) is 0.554. The number of furan rings is 1. The molecule has 5 nitrogen and oxygen atoms in total. The van der Waals surface area contributed by atoms with Gasteiger partial charge < -0.3 is 14.6 Å². The van der Waals surface area contributed by atoms with Gasteiger partial charge in [-0.1, -0.05) is 0 Å². The summed E-state index contributed by atoms with van der Waals surface area (Å²) in [7, 11) is 0. The van der Waals surface area contributed by atoms with Gasteiger partial charge in [-0.2, -0.15) is 0 Å². The summed E-state index contributed by atoms with van der Waals surface area (Å²) in [6, 6.07) is 5.13. The van der Waals surface area contributed by atoms with Crippen molar-refractivity contribution in [3.8, 4) is 0 Å². The number of nitrogens with zero attached hydrogens (tertiary/aromatic N) is 1. The molecule has 1 atom stereocenters. The van der Waals surface area contributed by atoms with Crippen molar-refractivity contribution >= 4 is 23.2 Å². The van der Waals surface area contributed by atoms with Crippen LogP contribution in [0.2, 0.25) is 0 Å². The topological polar surface area (TPSA) is 62.6 Å². The summed E-state index contributed by atoms with van der Waals surface area (Å²) in [6.45, 7) is 4.99. The lowest BCUT2D eigenvalue weighted by Crippen LogP contribution is -2.45. The summed E-state index contributed by atoms with van der Waals surface area (Å²) in [6.07, 6.45) is 3.14. The monoisotopic (exact) mass is 332 g/mol. The van der Waals surface area contributed by atoms with Crippen molar-refractivity contribution < 1.29 is 14.0 Å². The van der Waals surface area contributed by atoms with E-state index in [2.05, 4.69) is 5.32 Å². The molecule has 122 valence electrons. The Morgan fingerprint density at radius 2 is 2.26 bits per heavy atom. The lowest BCUT2D eigenvalue weighted by molar-refractivity contribution is -0.125. The number of aryl methyl sites for hydroxylation is 2. The van der Waals surface area contributed by atoms with Crippen molar-refractivity contribution in [3.05, 3.63) is 45.5 Å². The third-order valence-electron chi connectivity index (χ3n) is 4.21. The molecule has 1 fully saturated rings. The third-order valence-corrected chi connectivity index (χ3v) is 5.35. The molecule has 0 spiro atoms. The molecule has 1 aliphatic rings. The first-order valence-corrected chi connectivity index (χ1v) is 8.56. The molecule has 3 rings (SSSR count). The van der Waals surface area contributed by atoms with Crippen LogP contribution in [0.4, 0.5) is 0 Å². The van der Waals surface area contributed by atoms with E-state index in [4.69, 9.17) is 4.42 Å². The minimum absolute atomic E-state index is 0.0400. The molecule has 1 saturated heterocycles. The number of carbonyl (C=O) groups excluding carboxylic acids is 2. The average Bonchev–Trinajstić information content (AvgIpc) is 3.26. The van der Waals surface area contributed by atoms with Crippen LogP contribution >= 0.6 is 11.3 Å². The number of carbonyl (C=O) groups is 2. The van der Waals surface area contributed by atoms with Crippen LogP contribution in [0, 0.1) is 13.8 Å². The first-order valence-electron chi connectivity index (χ1n) is 7.74. The molecule has 0 aliphatic carbocycles. The standard InChI is InChI=1S/C17H20N2O3S/c1-11-9-15(23-12(11)2)17(21)19-7-3-6-14(19)16(20)18-10-13-5-4-8-22-13/h4-5,8-9,14H,3,6-7,10H2,1-2H3,(H,18,20). The molecule has 2 aromatic rings. The van der Waals surface area contributed by atoms with Gasteiger partial charge in [-0.15, -0.1) is 11.3 Å². The Kier molecular flexibility index (Phi) is 4.52. The van der Waals surface area contributed by atoms with Gasteiger partial charge in [0.1, 0.15) is 11.8 Å². The van der Waals surface area contributed by atoms with Crippen LogP contribution in [0.25, 0.3) is 0 Å². The van der Waals surface area contributed by atoms with E-state index in [1.807, 2.05) is 26.0 Å². The highest BCUT2D eigenvalue weighted by Gasteiger charge is 2.35. The lowest BCUT2D eigenvalue weighted by atomic mass is 10.2. The smallest absolute Gasteiger partial charge is 0.264 e. The van der Waals surface area contributed by atoms with Gasteiger partial charge in [0.2, 0.25) is 5.91 Å². The van der Waals surface area contributed by atoms with Crippen LogP contribution in [0.3, 0.4) is 0 Å². The Hall–Kier alpha value is -2.08. The van der Waals surface area contributed by atoms with Crippen LogP contribution in [0.1, 0.15) is 38.7 Å². The normalized spacial score (nSPS) is 17.5. The van der Waals surface area contributed by atoms with E-state index in [1.165, 1.54) is 11.3 Å². The molecule has 1 unspecified atom stereocenters. The molecule has 3 heterocycles. The van der Waals surface area contributed by atoms with Crippen molar-refractivity contribution in [2.75, 3.05) is 6.54 Å². The molecule has 2 aromatic heterocycles. The molecule has 1 N–H and O–H groups in total. The highest BCUT2D eigenvalue weighted by atomic mass is 32.1. The van der Waals surface area contributed by atoms with E-state index in [0.717, 1.165) is 16.9 Å². The molecule has 1 aliphatic heterocycles. The highest BCUT2D eigenvalue weighted by Crippen LogP contribution is 2.26. The SMILES string of the molecule is Cc1cc(C(=O)N2CCCC2C(=O)NCc2ccco2)sc1C. The van der Waals surface area contributed by atoms with Crippen LogP contribution in [0.5, 0.6) is 0 Å². The molecule has 2 amide bonds. The van der Waals surface area contributed by atoms with Crippen molar-refractivity contribution in [1.82, 2.24) is 10.2 Å². The van der Waals surface area contributed by atoms with Crippen LogP contribution in [-0.2, 0) is 11.3 Å². The zero-order valence-electron chi connectivity index (χ0n) is 13.3. The molecule has 0 radical (unpaired) electrons. The predicted molar refractivity (Wildman–Crippen MR) is 88.4 cm³/mol. The molecule has 23 heavy (non-hydrogen) atoms. The second kappa shape index (κ2) is 6.58. The van der Waals surface area contributed by atoms with E-state index in [1.54, 1.807) is 17.2 Å². The zero-order chi connectivity index (χ0) is 16.4. The third kappa shape index (κ3) is 3.32. The minimum Gasteiger partial charge on any atom is -0.467 e. The Balaban J connectivity index is 1.67. The maximum absolute atomic E-state index is 12.7. The van der Waals surface area contributed by atoms with Crippen molar-refractivity contribution in [2.24, 2.45) is 0 Å². The first-order chi connectivity index (χ1) is 11.1. The van der Waals surface area contributed by atoms with E-state index in [-0.39, 0.29) is 17.9 Å². The van der Waals surface area contributed by atoms with E-state index < -0.39 is 0 Å². The average molecular weight is 332 g/mol. The fourth-order valence-corrected chi connectivity index (χ4v) is 3.80. The Bertz CT molecular complexity index is 686. The Morgan fingerprint density at radius 1 is 1.43 bits per heavy atom. The zero-order valence-corrected chi connectivity index (χ0v) is 14.1. The van der Waals surface area contributed by atoms with E-state index in [9.17, 15) is 9.59 Å². The van der Waals surface area contributed by atoms with Gasteiger partial charge in [-0.05, 0) is 50.5 Å². The second-order valence-corrected chi connectivity index (χ2v) is 7.06. The maximum Gasteiger partial charge on any atom is 0.264 e. The Labute approximate surface area is 139 Å². The number of nitrogens with one attached hydrogen (secondary N) is 1. The van der Waals surface area contributed by atoms with Gasteiger partial charge in [-0.25, -0.2) is 0 Å².